The standard InChI is InChI=1S/C19H26N2O3/c1-3-18(22)20-14-5-4-10-21(12-14)19(23)17-11-16(17)13-6-8-15(24-2)9-7-13/h6-9,14,16-17H,3-5,10-12H2,1-2H3,(H,20,22). The van der Waals surface area contributed by atoms with E-state index in [1.54, 1.807) is 7.11 Å². The fourth-order valence-corrected chi connectivity index (χ4v) is 3.55. The van der Waals surface area contributed by atoms with Gasteiger partial charge in [0.25, 0.3) is 0 Å². The van der Waals surface area contributed by atoms with Gasteiger partial charge in [-0.2, -0.15) is 0 Å². The second-order valence-electron chi connectivity index (χ2n) is 6.77. The summed E-state index contributed by atoms with van der Waals surface area (Å²) in [7, 11) is 1.66. The first-order chi connectivity index (χ1) is 11.6. The summed E-state index contributed by atoms with van der Waals surface area (Å²) in [6.07, 6.45) is 3.34. The summed E-state index contributed by atoms with van der Waals surface area (Å²) in [5.74, 6) is 1.57. The van der Waals surface area contributed by atoms with E-state index >= 15 is 0 Å². The Morgan fingerprint density at radius 2 is 2.04 bits per heavy atom. The minimum Gasteiger partial charge on any atom is -0.497 e. The molecule has 1 heterocycles. The van der Waals surface area contributed by atoms with Crippen molar-refractivity contribution >= 4 is 11.8 Å². The van der Waals surface area contributed by atoms with Crippen LogP contribution in [0.1, 0.15) is 44.1 Å². The molecule has 24 heavy (non-hydrogen) atoms. The molecule has 3 unspecified atom stereocenters. The molecular formula is C19H26N2O3. The van der Waals surface area contributed by atoms with Crippen molar-refractivity contribution in [3.63, 3.8) is 0 Å². The number of likely N-dealkylation sites (tertiary alicyclic amines) is 1. The average molecular weight is 330 g/mol. The number of piperidine rings is 1. The SMILES string of the molecule is CCC(=O)NC1CCCN(C(=O)C2CC2c2ccc(OC)cc2)C1. The third-order valence-electron chi connectivity index (χ3n) is 5.07. The molecule has 3 atom stereocenters. The van der Waals surface area contributed by atoms with Gasteiger partial charge in [-0.3, -0.25) is 9.59 Å². The molecule has 1 saturated carbocycles. The van der Waals surface area contributed by atoms with Crippen molar-refractivity contribution in [2.75, 3.05) is 20.2 Å². The van der Waals surface area contributed by atoms with Crippen molar-refractivity contribution in [3.8, 4) is 5.75 Å². The lowest BCUT2D eigenvalue weighted by atomic mass is 10.0. The summed E-state index contributed by atoms with van der Waals surface area (Å²) in [4.78, 5) is 26.3. The Kier molecular flexibility index (Phi) is 5.07. The number of nitrogens with zero attached hydrogens (tertiary/aromatic N) is 1. The Labute approximate surface area is 143 Å². The van der Waals surface area contributed by atoms with Crippen molar-refractivity contribution in [3.05, 3.63) is 29.8 Å². The minimum absolute atomic E-state index is 0.0665. The van der Waals surface area contributed by atoms with Crippen LogP contribution in [0.15, 0.2) is 24.3 Å². The highest BCUT2D eigenvalue weighted by Crippen LogP contribution is 2.48. The maximum atomic E-state index is 12.8. The molecule has 1 aromatic carbocycles. The van der Waals surface area contributed by atoms with Gasteiger partial charge >= 0.3 is 0 Å². The van der Waals surface area contributed by atoms with Crippen LogP contribution < -0.4 is 10.1 Å². The number of amides is 2. The van der Waals surface area contributed by atoms with Crippen LogP contribution >= 0.6 is 0 Å². The highest BCUT2D eigenvalue weighted by atomic mass is 16.5. The third-order valence-corrected chi connectivity index (χ3v) is 5.07. The van der Waals surface area contributed by atoms with Gasteiger partial charge in [-0.05, 0) is 42.9 Å². The number of nitrogens with one attached hydrogen (secondary N) is 1. The zero-order chi connectivity index (χ0) is 17.1. The summed E-state index contributed by atoms with van der Waals surface area (Å²) in [5, 5.41) is 3.02. The van der Waals surface area contributed by atoms with Gasteiger partial charge < -0.3 is 15.0 Å². The Morgan fingerprint density at radius 1 is 1.29 bits per heavy atom. The molecule has 1 saturated heterocycles. The Hall–Kier alpha value is -2.04. The van der Waals surface area contributed by atoms with Gasteiger partial charge in [0.1, 0.15) is 5.75 Å². The maximum Gasteiger partial charge on any atom is 0.226 e. The zero-order valence-electron chi connectivity index (χ0n) is 14.5. The first-order valence-corrected chi connectivity index (χ1v) is 8.84. The molecule has 5 nitrogen and oxygen atoms in total. The molecule has 3 rings (SSSR count). The number of hydrogen-bond acceptors (Lipinski definition) is 3. The number of rotatable bonds is 5. The predicted octanol–water partition coefficient (Wildman–Crippen LogP) is 2.32. The van der Waals surface area contributed by atoms with Crippen LogP contribution in [0.5, 0.6) is 5.75 Å². The zero-order valence-corrected chi connectivity index (χ0v) is 14.5. The van der Waals surface area contributed by atoms with Crippen molar-refractivity contribution in [2.24, 2.45) is 5.92 Å². The normalized spacial score (nSPS) is 25.9. The molecule has 0 spiro atoms. The van der Waals surface area contributed by atoms with E-state index < -0.39 is 0 Å². The molecule has 1 aliphatic carbocycles. The van der Waals surface area contributed by atoms with Crippen LogP contribution in [-0.2, 0) is 9.59 Å². The van der Waals surface area contributed by atoms with Crippen LogP contribution in [-0.4, -0.2) is 43.0 Å². The van der Waals surface area contributed by atoms with Gasteiger partial charge in [0, 0.05) is 31.5 Å². The van der Waals surface area contributed by atoms with Crippen LogP contribution in [0.4, 0.5) is 0 Å². The lowest BCUT2D eigenvalue weighted by Gasteiger charge is -2.33. The van der Waals surface area contributed by atoms with E-state index in [9.17, 15) is 9.59 Å². The van der Waals surface area contributed by atoms with Gasteiger partial charge in [-0.1, -0.05) is 19.1 Å². The Balaban J connectivity index is 1.56. The molecule has 2 amide bonds. The molecule has 1 aliphatic heterocycles. The Morgan fingerprint density at radius 3 is 2.71 bits per heavy atom. The van der Waals surface area contributed by atoms with E-state index in [4.69, 9.17) is 4.74 Å². The van der Waals surface area contributed by atoms with E-state index in [1.165, 1.54) is 5.56 Å². The van der Waals surface area contributed by atoms with Gasteiger partial charge in [0.2, 0.25) is 11.8 Å². The van der Waals surface area contributed by atoms with Gasteiger partial charge in [-0.15, -0.1) is 0 Å². The monoisotopic (exact) mass is 330 g/mol. The van der Waals surface area contributed by atoms with Crippen LogP contribution in [0.3, 0.4) is 0 Å². The molecule has 1 aromatic rings. The second-order valence-corrected chi connectivity index (χ2v) is 6.77. The number of hydrogen-bond donors (Lipinski definition) is 1. The van der Waals surface area contributed by atoms with E-state index in [-0.39, 0.29) is 23.8 Å². The molecule has 5 heteroatoms. The molecular weight excluding hydrogens is 304 g/mol. The molecule has 0 aromatic heterocycles. The molecule has 130 valence electrons. The minimum atomic E-state index is 0.0665. The number of carbonyl (C=O) groups excluding carboxylic acids is 2. The summed E-state index contributed by atoms with van der Waals surface area (Å²) in [6.45, 7) is 3.31. The van der Waals surface area contributed by atoms with E-state index in [0.717, 1.165) is 31.6 Å². The number of benzene rings is 1. The number of carbonyl (C=O) groups is 2. The highest BCUT2D eigenvalue weighted by molar-refractivity contribution is 5.83. The van der Waals surface area contributed by atoms with Crippen LogP contribution in [0.2, 0.25) is 0 Å². The van der Waals surface area contributed by atoms with Crippen molar-refractivity contribution < 1.29 is 14.3 Å². The third kappa shape index (κ3) is 3.71. The van der Waals surface area contributed by atoms with E-state index in [1.807, 2.05) is 24.0 Å². The quantitative estimate of drug-likeness (QED) is 0.901. The number of methoxy groups -OCH3 is 1. The molecule has 0 bridgehead atoms. The van der Waals surface area contributed by atoms with Crippen LogP contribution in [0, 0.1) is 5.92 Å². The summed E-state index contributed by atoms with van der Waals surface area (Å²) >= 11 is 0. The molecule has 0 radical (unpaired) electrons. The fourth-order valence-electron chi connectivity index (χ4n) is 3.55. The maximum absolute atomic E-state index is 12.8. The van der Waals surface area contributed by atoms with Crippen molar-refractivity contribution in [2.45, 2.75) is 44.6 Å². The predicted molar refractivity (Wildman–Crippen MR) is 91.9 cm³/mol. The number of ether oxygens (including phenoxy) is 1. The van der Waals surface area contributed by atoms with Gasteiger partial charge in [0.15, 0.2) is 0 Å². The average Bonchev–Trinajstić information content (AvgIpc) is 3.42. The van der Waals surface area contributed by atoms with Gasteiger partial charge in [0.05, 0.1) is 7.11 Å². The lowest BCUT2D eigenvalue weighted by molar-refractivity contribution is -0.135. The lowest BCUT2D eigenvalue weighted by Crippen LogP contribution is -2.50. The van der Waals surface area contributed by atoms with Crippen LogP contribution in [0.25, 0.3) is 0 Å². The summed E-state index contributed by atoms with van der Waals surface area (Å²) in [6, 6.07) is 8.11. The fraction of sp³-hybridized carbons (Fsp3) is 0.579. The largest absolute Gasteiger partial charge is 0.497 e. The molecule has 2 fully saturated rings. The van der Waals surface area contributed by atoms with E-state index in [0.29, 0.717) is 18.9 Å². The first kappa shape index (κ1) is 16.8. The second kappa shape index (κ2) is 7.24. The smallest absolute Gasteiger partial charge is 0.226 e. The molecule has 2 aliphatic rings. The topological polar surface area (TPSA) is 58.6 Å². The Bertz CT molecular complexity index is 599. The highest BCUT2D eigenvalue weighted by Gasteiger charge is 2.46. The first-order valence-electron chi connectivity index (χ1n) is 8.84. The summed E-state index contributed by atoms with van der Waals surface area (Å²) in [5.41, 5.74) is 1.21. The van der Waals surface area contributed by atoms with E-state index in [2.05, 4.69) is 17.4 Å². The van der Waals surface area contributed by atoms with Crippen molar-refractivity contribution in [1.29, 1.82) is 0 Å². The van der Waals surface area contributed by atoms with Gasteiger partial charge in [-0.25, -0.2) is 0 Å². The van der Waals surface area contributed by atoms with Crippen molar-refractivity contribution in [1.82, 2.24) is 10.2 Å². The molecule has 1 N–H and O–H groups in total. The summed E-state index contributed by atoms with van der Waals surface area (Å²) < 4.78 is 5.18.